The second-order valence-electron chi connectivity index (χ2n) is 8.75. The minimum Gasteiger partial charge on any atom is -0.494 e. The van der Waals surface area contributed by atoms with Crippen molar-refractivity contribution in [3.8, 4) is 16.9 Å². The largest absolute Gasteiger partial charge is 0.494 e. The van der Waals surface area contributed by atoms with Crippen molar-refractivity contribution in [1.82, 2.24) is 0 Å². The molecular formula is C29H42O3. The fraction of sp³-hybridized carbons (Fsp3) is 0.552. The van der Waals surface area contributed by atoms with E-state index in [9.17, 15) is 4.79 Å². The van der Waals surface area contributed by atoms with Crippen LogP contribution in [0.4, 0.5) is 0 Å². The molecule has 2 aromatic rings. The molecule has 0 radical (unpaired) electrons. The smallest absolute Gasteiger partial charge is 0.339 e. The molecule has 0 heterocycles. The number of ether oxygens (including phenoxy) is 2. The molecule has 32 heavy (non-hydrogen) atoms. The summed E-state index contributed by atoms with van der Waals surface area (Å²) in [6, 6.07) is 15.7. The monoisotopic (exact) mass is 438 g/mol. The van der Waals surface area contributed by atoms with Gasteiger partial charge in [-0.05, 0) is 55.5 Å². The molecule has 2 rings (SSSR count). The summed E-state index contributed by atoms with van der Waals surface area (Å²) in [5, 5.41) is 0. The second-order valence-corrected chi connectivity index (χ2v) is 8.75. The Morgan fingerprint density at radius 1 is 0.781 bits per heavy atom. The molecule has 3 heteroatoms. The van der Waals surface area contributed by atoms with Gasteiger partial charge in [0.05, 0.1) is 18.3 Å². The number of esters is 1. The number of hydrogen-bond acceptors (Lipinski definition) is 3. The zero-order chi connectivity index (χ0) is 23.0. The van der Waals surface area contributed by atoms with Crippen molar-refractivity contribution in [3.05, 3.63) is 54.1 Å². The molecular weight excluding hydrogens is 396 g/mol. The fourth-order valence-electron chi connectivity index (χ4n) is 3.88. The van der Waals surface area contributed by atoms with E-state index in [-0.39, 0.29) is 12.1 Å². The van der Waals surface area contributed by atoms with Crippen LogP contribution in [0.1, 0.15) is 102 Å². The van der Waals surface area contributed by atoms with Gasteiger partial charge >= 0.3 is 5.97 Å². The lowest BCUT2D eigenvalue weighted by Crippen LogP contribution is -2.15. The van der Waals surface area contributed by atoms with Crippen molar-refractivity contribution in [2.45, 2.75) is 97.5 Å². The standard InChI is InChI=1S/C29H42O3/c1-4-6-8-10-11-15-23-31-26-21-19-25(20-22-26)27-17-13-14-18-28(27)29(30)32-24(3)16-12-9-7-5-2/h13-14,17-22,24H,4-12,15-16,23H2,1-3H3. The summed E-state index contributed by atoms with van der Waals surface area (Å²) in [4.78, 5) is 12.8. The van der Waals surface area contributed by atoms with Gasteiger partial charge in [0.2, 0.25) is 0 Å². The van der Waals surface area contributed by atoms with E-state index in [1.807, 2.05) is 55.5 Å². The number of rotatable bonds is 16. The van der Waals surface area contributed by atoms with E-state index in [0.29, 0.717) is 5.56 Å². The zero-order valence-electron chi connectivity index (χ0n) is 20.4. The third-order valence-corrected chi connectivity index (χ3v) is 5.85. The minimum absolute atomic E-state index is 0.0647. The van der Waals surface area contributed by atoms with Crippen LogP contribution in [0.5, 0.6) is 5.75 Å². The van der Waals surface area contributed by atoms with Gasteiger partial charge in [-0.3, -0.25) is 0 Å². The molecule has 0 saturated carbocycles. The lowest BCUT2D eigenvalue weighted by atomic mass is 9.99. The zero-order valence-corrected chi connectivity index (χ0v) is 20.4. The Kier molecular flexibility index (Phi) is 12.6. The summed E-state index contributed by atoms with van der Waals surface area (Å²) in [7, 11) is 0. The van der Waals surface area contributed by atoms with Gasteiger partial charge in [-0.1, -0.05) is 95.5 Å². The van der Waals surface area contributed by atoms with Crippen molar-refractivity contribution >= 4 is 5.97 Å². The van der Waals surface area contributed by atoms with E-state index in [1.54, 1.807) is 0 Å². The first-order valence-electron chi connectivity index (χ1n) is 12.7. The van der Waals surface area contributed by atoms with Crippen LogP contribution in [0.2, 0.25) is 0 Å². The van der Waals surface area contributed by atoms with Gasteiger partial charge in [0.25, 0.3) is 0 Å². The summed E-state index contributed by atoms with van der Waals surface area (Å²) in [6.45, 7) is 7.19. The molecule has 0 aliphatic heterocycles. The van der Waals surface area contributed by atoms with Gasteiger partial charge in [0, 0.05) is 0 Å². The van der Waals surface area contributed by atoms with Crippen LogP contribution in [0.25, 0.3) is 11.1 Å². The SMILES string of the molecule is CCCCCCCCOc1ccc(-c2ccccc2C(=O)OC(C)CCCCCC)cc1. The maximum atomic E-state index is 12.8. The first-order chi connectivity index (χ1) is 15.7. The predicted molar refractivity (Wildman–Crippen MR) is 134 cm³/mol. The predicted octanol–water partition coefficient (Wildman–Crippen LogP) is 8.61. The van der Waals surface area contributed by atoms with Gasteiger partial charge < -0.3 is 9.47 Å². The van der Waals surface area contributed by atoms with Crippen molar-refractivity contribution in [3.63, 3.8) is 0 Å². The maximum Gasteiger partial charge on any atom is 0.339 e. The Morgan fingerprint density at radius 2 is 1.41 bits per heavy atom. The third kappa shape index (κ3) is 9.46. The van der Waals surface area contributed by atoms with E-state index < -0.39 is 0 Å². The van der Waals surface area contributed by atoms with E-state index in [1.165, 1.54) is 51.4 Å². The third-order valence-electron chi connectivity index (χ3n) is 5.85. The van der Waals surface area contributed by atoms with Gasteiger partial charge in [-0.15, -0.1) is 0 Å². The molecule has 3 nitrogen and oxygen atoms in total. The topological polar surface area (TPSA) is 35.5 Å². The molecule has 0 aliphatic rings. The number of unbranched alkanes of at least 4 members (excludes halogenated alkanes) is 8. The average molecular weight is 439 g/mol. The Morgan fingerprint density at radius 3 is 2.12 bits per heavy atom. The summed E-state index contributed by atoms with van der Waals surface area (Å²) >= 11 is 0. The molecule has 0 saturated heterocycles. The molecule has 1 unspecified atom stereocenters. The Hall–Kier alpha value is -2.29. The first kappa shape index (κ1) is 26.0. The molecule has 176 valence electrons. The lowest BCUT2D eigenvalue weighted by Gasteiger charge is -2.15. The van der Waals surface area contributed by atoms with Gasteiger partial charge in [-0.2, -0.15) is 0 Å². The van der Waals surface area contributed by atoms with Crippen LogP contribution in [0.3, 0.4) is 0 Å². The molecule has 0 aromatic heterocycles. The molecule has 0 bridgehead atoms. The second kappa shape index (κ2) is 15.5. The van der Waals surface area contributed by atoms with Gasteiger partial charge in [-0.25, -0.2) is 4.79 Å². The van der Waals surface area contributed by atoms with E-state index >= 15 is 0 Å². The molecule has 0 aliphatic carbocycles. The molecule has 0 fully saturated rings. The Labute approximate surface area is 195 Å². The van der Waals surface area contributed by atoms with Gasteiger partial charge in [0.1, 0.15) is 5.75 Å². The molecule has 0 amide bonds. The number of benzene rings is 2. The number of carbonyl (C=O) groups is 1. The fourth-order valence-corrected chi connectivity index (χ4v) is 3.88. The molecule has 0 spiro atoms. The normalized spacial score (nSPS) is 11.8. The first-order valence-corrected chi connectivity index (χ1v) is 12.7. The highest BCUT2D eigenvalue weighted by Gasteiger charge is 2.16. The van der Waals surface area contributed by atoms with Crippen molar-refractivity contribution < 1.29 is 14.3 Å². The minimum atomic E-state index is -0.244. The van der Waals surface area contributed by atoms with Crippen LogP contribution in [0, 0.1) is 0 Å². The van der Waals surface area contributed by atoms with Crippen LogP contribution >= 0.6 is 0 Å². The Balaban J connectivity index is 1.88. The van der Waals surface area contributed by atoms with Crippen LogP contribution in [0.15, 0.2) is 48.5 Å². The van der Waals surface area contributed by atoms with Crippen LogP contribution < -0.4 is 4.74 Å². The highest BCUT2D eigenvalue weighted by molar-refractivity contribution is 5.97. The van der Waals surface area contributed by atoms with E-state index in [4.69, 9.17) is 9.47 Å². The number of hydrogen-bond donors (Lipinski definition) is 0. The lowest BCUT2D eigenvalue weighted by molar-refractivity contribution is 0.0320. The average Bonchev–Trinajstić information content (AvgIpc) is 2.81. The van der Waals surface area contributed by atoms with Gasteiger partial charge in [0.15, 0.2) is 0 Å². The van der Waals surface area contributed by atoms with E-state index in [2.05, 4.69) is 13.8 Å². The summed E-state index contributed by atoms with van der Waals surface area (Å²) in [6.07, 6.45) is 13.1. The summed E-state index contributed by atoms with van der Waals surface area (Å²) in [5.74, 6) is 0.634. The quantitative estimate of drug-likeness (QED) is 0.194. The highest BCUT2D eigenvalue weighted by atomic mass is 16.5. The van der Waals surface area contributed by atoms with Crippen molar-refractivity contribution in [2.75, 3.05) is 6.61 Å². The maximum absolute atomic E-state index is 12.8. The van der Waals surface area contributed by atoms with Crippen LogP contribution in [-0.4, -0.2) is 18.7 Å². The molecule has 0 N–H and O–H groups in total. The van der Waals surface area contributed by atoms with Crippen molar-refractivity contribution in [1.29, 1.82) is 0 Å². The van der Waals surface area contributed by atoms with E-state index in [0.717, 1.165) is 42.7 Å². The van der Waals surface area contributed by atoms with Crippen LogP contribution in [-0.2, 0) is 4.74 Å². The Bertz CT molecular complexity index is 766. The summed E-state index contributed by atoms with van der Waals surface area (Å²) in [5.41, 5.74) is 2.52. The summed E-state index contributed by atoms with van der Waals surface area (Å²) < 4.78 is 11.6. The van der Waals surface area contributed by atoms with Crippen molar-refractivity contribution in [2.24, 2.45) is 0 Å². The highest BCUT2D eigenvalue weighted by Crippen LogP contribution is 2.27. The molecule has 2 aromatic carbocycles. The molecule has 1 atom stereocenters. The number of carbonyl (C=O) groups excluding carboxylic acids is 1.